The molecule has 0 amide bonds. The minimum atomic E-state index is -0.374. The summed E-state index contributed by atoms with van der Waals surface area (Å²) in [6.45, 7) is 4.49. The van der Waals surface area contributed by atoms with E-state index in [0.29, 0.717) is 6.54 Å². The van der Waals surface area contributed by atoms with Gasteiger partial charge in [0.25, 0.3) is 0 Å². The minimum Gasteiger partial charge on any atom is -0.494 e. The van der Waals surface area contributed by atoms with Gasteiger partial charge in [0.1, 0.15) is 10.6 Å². The number of anilines is 1. The topological polar surface area (TPSA) is 59.9 Å². The number of hydrogen-bond donors (Lipinski definition) is 1. The lowest BCUT2D eigenvalue weighted by Gasteiger charge is -2.08. The van der Waals surface area contributed by atoms with Gasteiger partial charge in [-0.1, -0.05) is 6.07 Å². The van der Waals surface area contributed by atoms with Gasteiger partial charge < -0.3 is 10.1 Å². The smallest absolute Gasteiger partial charge is 0.165 e. The molecule has 0 unspecified atom stereocenters. The van der Waals surface area contributed by atoms with Crippen LogP contribution in [0, 0.1) is 19.7 Å². The lowest BCUT2D eigenvalue weighted by molar-refractivity contribution is 0.386. The summed E-state index contributed by atoms with van der Waals surface area (Å²) in [7, 11) is 1.45. The summed E-state index contributed by atoms with van der Waals surface area (Å²) >= 11 is 1.56. The van der Waals surface area contributed by atoms with Crippen molar-refractivity contribution in [2.24, 2.45) is 0 Å². The van der Waals surface area contributed by atoms with Crippen LogP contribution in [0.4, 0.5) is 10.2 Å². The summed E-state index contributed by atoms with van der Waals surface area (Å²) in [5, 5.41) is 14.1. The van der Waals surface area contributed by atoms with Crippen LogP contribution in [0.3, 0.4) is 0 Å². The molecule has 0 spiro atoms. The normalized spacial score (nSPS) is 11.2. The largest absolute Gasteiger partial charge is 0.494 e. The van der Waals surface area contributed by atoms with Crippen LogP contribution in [-0.4, -0.2) is 22.3 Å². The van der Waals surface area contributed by atoms with E-state index < -0.39 is 0 Å². The van der Waals surface area contributed by atoms with Crippen molar-refractivity contribution in [1.82, 2.24) is 15.2 Å². The van der Waals surface area contributed by atoms with Crippen LogP contribution in [0.15, 0.2) is 30.5 Å². The molecular weight excluding hydrogens is 351 g/mol. The fourth-order valence-electron chi connectivity index (χ4n) is 2.95. The molecule has 3 aromatic heterocycles. The quantitative estimate of drug-likeness (QED) is 0.570. The molecule has 4 aromatic rings. The lowest BCUT2D eigenvalue weighted by Crippen LogP contribution is -2.02. The Balaban J connectivity index is 1.71. The Morgan fingerprint density at radius 1 is 1.19 bits per heavy atom. The second-order valence-corrected chi connectivity index (χ2v) is 7.05. The molecule has 1 aromatic carbocycles. The second kappa shape index (κ2) is 6.49. The van der Waals surface area contributed by atoms with Crippen LogP contribution in [0.5, 0.6) is 5.75 Å². The Morgan fingerprint density at radius 2 is 2.04 bits per heavy atom. The van der Waals surface area contributed by atoms with Gasteiger partial charge >= 0.3 is 0 Å². The zero-order valence-electron chi connectivity index (χ0n) is 14.6. The van der Waals surface area contributed by atoms with Crippen LogP contribution >= 0.6 is 11.3 Å². The number of pyridine rings is 1. The average molecular weight is 368 g/mol. The van der Waals surface area contributed by atoms with Gasteiger partial charge in [-0.15, -0.1) is 16.4 Å². The van der Waals surface area contributed by atoms with E-state index in [9.17, 15) is 4.39 Å². The molecule has 0 radical (unpaired) electrons. The maximum atomic E-state index is 13.9. The van der Waals surface area contributed by atoms with Crippen molar-refractivity contribution in [3.63, 3.8) is 0 Å². The number of thiophene rings is 1. The van der Waals surface area contributed by atoms with Crippen molar-refractivity contribution in [3.8, 4) is 5.75 Å². The molecule has 26 heavy (non-hydrogen) atoms. The summed E-state index contributed by atoms with van der Waals surface area (Å²) in [6, 6.07) is 6.93. The van der Waals surface area contributed by atoms with Gasteiger partial charge in [0.05, 0.1) is 17.5 Å². The van der Waals surface area contributed by atoms with E-state index in [0.717, 1.165) is 42.9 Å². The third kappa shape index (κ3) is 2.74. The van der Waals surface area contributed by atoms with Crippen molar-refractivity contribution < 1.29 is 9.13 Å². The maximum absolute atomic E-state index is 13.9. The molecule has 0 aliphatic carbocycles. The van der Waals surface area contributed by atoms with E-state index in [-0.39, 0.29) is 11.6 Å². The molecule has 0 atom stereocenters. The monoisotopic (exact) mass is 368 g/mol. The van der Waals surface area contributed by atoms with Crippen LogP contribution in [0.25, 0.3) is 20.3 Å². The highest BCUT2D eigenvalue weighted by atomic mass is 32.1. The molecule has 0 saturated carbocycles. The SMILES string of the molecule is COc1ccc(CNc2nccc3c2sc2nnc(C)c(C)c23)cc1F. The zero-order valence-corrected chi connectivity index (χ0v) is 15.4. The summed E-state index contributed by atoms with van der Waals surface area (Å²) in [5.74, 6) is 0.628. The van der Waals surface area contributed by atoms with Crippen molar-refractivity contribution in [3.05, 3.63) is 53.1 Å². The van der Waals surface area contributed by atoms with Gasteiger partial charge in [-0.25, -0.2) is 9.37 Å². The minimum absolute atomic E-state index is 0.239. The standard InChI is InChI=1S/C19H17FN4OS/c1-10-11(2)23-24-19-16(10)13-6-7-21-18(17(13)26-19)22-9-12-4-5-15(25-3)14(20)8-12/h4-8H,9H2,1-3H3,(H,21,22). The van der Waals surface area contributed by atoms with Crippen molar-refractivity contribution in [2.75, 3.05) is 12.4 Å². The Labute approximate surface area is 153 Å². The molecule has 0 aliphatic heterocycles. The van der Waals surface area contributed by atoms with Gasteiger partial charge in [0, 0.05) is 23.5 Å². The summed E-state index contributed by atoms with van der Waals surface area (Å²) in [5.41, 5.74) is 2.88. The number of nitrogens with one attached hydrogen (secondary N) is 1. The van der Waals surface area contributed by atoms with Gasteiger partial charge in [-0.2, -0.15) is 5.10 Å². The third-order valence-electron chi connectivity index (χ3n) is 4.47. The number of aryl methyl sites for hydroxylation is 2. The molecule has 0 bridgehead atoms. The van der Waals surface area contributed by atoms with Crippen LogP contribution < -0.4 is 10.1 Å². The molecule has 0 fully saturated rings. The third-order valence-corrected chi connectivity index (χ3v) is 5.57. The predicted molar refractivity (Wildman–Crippen MR) is 102 cm³/mol. The average Bonchev–Trinajstić information content (AvgIpc) is 3.03. The van der Waals surface area contributed by atoms with E-state index in [1.165, 1.54) is 13.2 Å². The van der Waals surface area contributed by atoms with E-state index in [4.69, 9.17) is 4.74 Å². The highest BCUT2D eigenvalue weighted by Gasteiger charge is 2.14. The number of halogens is 1. The fourth-order valence-corrected chi connectivity index (χ4v) is 4.09. The summed E-state index contributed by atoms with van der Waals surface area (Å²) in [4.78, 5) is 5.36. The van der Waals surface area contributed by atoms with E-state index in [1.807, 2.05) is 19.1 Å². The Hall–Kier alpha value is -2.80. The molecule has 132 valence electrons. The number of hydrogen-bond acceptors (Lipinski definition) is 6. The second-order valence-electron chi connectivity index (χ2n) is 6.05. The molecule has 0 saturated heterocycles. The first-order chi connectivity index (χ1) is 12.6. The molecule has 4 rings (SSSR count). The summed E-state index contributed by atoms with van der Waals surface area (Å²) in [6.07, 6.45) is 1.78. The van der Waals surface area contributed by atoms with E-state index in [1.54, 1.807) is 23.6 Å². The van der Waals surface area contributed by atoms with E-state index in [2.05, 4.69) is 27.4 Å². The highest BCUT2D eigenvalue weighted by Crippen LogP contribution is 2.38. The van der Waals surface area contributed by atoms with Crippen molar-refractivity contribution in [2.45, 2.75) is 20.4 Å². The molecule has 0 aliphatic rings. The number of benzene rings is 1. The Morgan fingerprint density at radius 3 is 2.81 bits per heavy atom. The van der Waals surface area contributed by atoms with Crippen molar-refractivity contribution in [1.29, 1.82) is 0 Å². The van der Waals surface area contributed by atoms with Crippen molar-refractivity contribution >= 4 is 37.5 Å². The van der Waals surface area contributed by atoms with Crippen LogP contribution in [0.2, 0.25) is 0 Å². The highest BCUT2D eigenvalue weighted by molar-refractivity contribution is 7.26. The first-order valence-electron chi connectivity index (χ1n) is 8.16. The van der Waals surface area contributed by atoms with Gasteiger partial charge in [-0.05, 0) is 43.2 Å². The number of nitrogens with zero attached hydrogens (tertiary/aromatic N) is 3. The number of aromatic nitrogens is 3. The molecule has 3 heterocycles. The zero-order chi connectivity index (χ0) is 18.3. The number of fused-ring (bicyclic) bond motifs is 3. The first kappa shape index (κ1) is 16.7. The molecular formula is C19H17FN4OS. The number of methoxy groups -OCH3 is 1. The maximum Gasteiger partial charge on any atom is 0.165 e. The molecule has 1 N–H and O–H groups in total. The van der Waals surface area contributed by atoms with Crippen LogP contribution in [0.1, 0.15) is 16.8 Å². The Kier molecular flexibility index (Phi) is 4.16. The first-order valence-corrected chi connectivity index (χ1v) is 8.97. The number of ether oxygens (including phenoxy) is 1. The Bertz CT molecular complexity index is 1130. The molecule has 7 heteroatoms. The van der Waals surface area contributed by atoms with Crippen LogP contribution in [-0.2, 0) is 6.54 Å². The van der Waals surface area contributed by atoms with Gasteiger partial charge in [0.15, 0.2) is 11.6 Å². The van der Waals surface area contributed by atoms with Gasteiger partial charge in [-0.3, -0.25) is 0 Å². The van der Waals surface area contributed by atoms with Gasteiger partial charge in [0.2, 0.25) is 0 Å². The lowest BCUT2D eigenvalue weighted by atomic mass is 10.1. The summed E-state index contributed by atoms with van der Waals surface area (Å²) < 4.78 is 19.9. The van der Waals surface area contributed by atoms with E-state index >= 15 is 0 Å². The predicted octanol–water partition coefficient (Wildman–Crippen LogP) is 4.62. The molecule has 5 nitrogen and oxygen atoms in total. The number of rotatable bonds is 4. The fraction of sp³-hybridized carbons (Fsp3) is 0.211.